The minimum Gasteiger partial charge on any atom is -0.197 e. The Morgan fingerprint density at radius 1 is 1.38 bits per heavy atom. The molecule has 0 rings (SSSR count). The Morgan fingerprint density at radius 3 is 2.15 bits per heavy atom. The lowest BCUT2D eigenvalue weighted by Gasteiger charge is -2.25. The quantitative estimate of drug-likeness (QED) is 0.608. The first kappa shape index (κ1) is 12.4. The van der Waals surface area contributed by atoms with Gasteiger partial charge >= 0.3 is 0 Å². The second-order valence-electron chi connectivity index (χ2n) is 3.03. The van der Waals surface area contributed by atoms with Gasteiger partial charge in [-0.3, -0.25) is 0 Å². The van der Waals surface area contributed by atoms with Crippen molar-refractivity contribution in [2.24, 2.45) is 0 Å². The van der Waals surface area contributed by atoms with Crippen LogP contribution in [-0.4, -0.2) is 43.7 Å². The SMILES string of the molecule is CC(C)N(C)S(=O)(=O)N(C)CC#N. The van der Waals surface area contributed by atoms with Gasteiger partial charge in [-0.25, -0.2) is 0 Å². The summed E-state index contributed by atoms with van der Waals surface area (Å²) in [6.45, 7) is 3.43. The summed E-state index contributed by atoms with van der Waals surface area (Å²) in [4.78, 5) is 0. The molecule has 6 heteroatoms. The van der Waals surface area contributed by atoms with Crippen LogP contribution in [0.2, 0.25) is 0 Å². The third kappa shape index (κ3) is 2.95. The average Bonchev–Trinajstić information content (AvgIpc) is 2.03. The molecule has 0 N–H and O–H groups in total. The zero-order valence-corrected chi connectivity index (χ0v) is 9.17. The van der Waals surface area contributed by atoms with Gasteiger partial charge in [-0.2, -0.15) is 22.3 Å². The first-order chi connectivity index (χ1) is 5.84. The van der Waals surface area contributed by atoms with E-state index in [1.165, 1.54) is 18.4 Å². The van der Waals surface area contributed by atoms with E-state index in [0.29, 0.717) is 0 Å². The topological polar surface area (TPSA) is 64.4 Å². The molecular weight excluding hydrogens is 190 g/mol. The molecule has 0 bridgehead atoms. The number of nitrogens with zero attached hydrogens (tertiary/aromatic N) is 3. The maximum Gasteiger partial charge on any atom is 0.282 e. The number of rotatable bonds is 4. The summed E-state index contributed by atoms with van der Waals surface area (Å²) in [6, 6.07) is 1.68. The molecule has 0 heterocycles. The highest BCUT2D eigenvalue weighted by atomic mass is 32.2. The fraction of sp³-hybridized carbons (Fsp3) is 0.857. The molecule has 0 atom stereocenters. The number of nitriles is 1. The van der Waals surface area contributed by atoms with Gasteiger partial charge in [0.1, 0.15) is 6.54 Å². The molecule has 0 fully saturated rings. The fourth-order valence-corrected chi connectivity index (χ4v) is 1.86. The van der Waals surface area contributed by atoms with E-state index in [9.17, 15) is 8.42 Å². The normalized spacial score (nSPS) is 12.5. The highest BCUT2D eigenvalue weighted by Crippen LogP contribution is 2.06. The summed E-state index contributed by atoms with van der Waals surface area (Å²) >= 11 is 0. The standard InChI is InChI=1S/C7H15N3O2S/c1-7(2)10(4)13(11,12)9(3)6-5-8/h7H,6H2,1-4H3. The molecule has 0 spiro atoms. The van der Waals surface area contributed by atoms with Crippen LogP contribution in [0.1, 0.15) is 13.8 Å². The Morgan fingerprint density at radius 2 is 1.85 bits per heavy atom. The van der Waals surface area contributed by atoms with Gasteiger partial charge in [0.15, 0.2) is 0 Å². The largest absolute Gasteiger partial charge is 0.282 e. The van der Waals surface area contributed by atoms with Crippen LogP contribution in [0.25, 0.3) is 0 Å². The number of hydrogen-bond donors (Lipinski definition) is 0. The van der Waals surface area contributed by atoms with Crippen LogP contribution in [0.4, 0.5) is 0 Å². The first-order valence-electron chi connectivity index (χ1n) is 3.90. The molecule has 76 valence electrons. The highest BCUT2D eigenvalue weighted by molar-refractivity contribution is 7.86. The molecule has 13 heavy (non-hydrogen) atoms. The van der Waals surface area contributed by atoms with Crippen molar-refractivity contribution >= 4 is 10.2 Å². The van der Waals surface area contributed by atoms with Crippen molar-refractivity contribution in [1.29, 1.82) is 5.26 Å². The molecule has 0 saturated heterocycles. The molecule has 0 aliphatic carbocycles. The van der Waals surface area contributed by atoms with Crippen LogP contribution < -0.4 is 0 Å². The van der Waals surface area contributed by atoms with Crippen LogP contribution in [0.15, 0.2) is 0 Å². The molecule has 0 unspecified atom stereocenters. The lowest BCUT2D eigenvalue weighted by molar-refractivity contribution is 0.368. The highest BCUT2D eigenvalue weighted by Gasteiger charge is 2.24. The molecule has 0 amide bonds. The lowest BCUT2D eigenvalue weighted by Crippen LogP contribution is -2.43. The van der Waals surface area contributed by atoms with Gasteiger partial charge in [0.05, 0.1) is 6.07 Å². The third-order valence-corrected chi connectivity index (χ3v) is 3.84. The van der Waals surface area contributed by atoms with Gasteiger partial charge in [0.2, 0.25) is 0 Å². The van der Waals surface area contributed by atoms with E-state index in [1.54, 1.807) is 19.9 Å². The molecular formula is C7H15N3O2S. The van der Waals surface area contributed by atoms with E-state index in [0.717, 1.165) is 4.31 Å². The predicted octanol–water partition coefficient (Wildman–Crippen LogP) is 0.0268. The van der Waals surface area contributed by atoms with Crippen molar-refractivity contribution < 1.29 is 8.42 Å². The Labute approximate surface area is 79.7 Å². The van der Waals surface area contributed by atoms with Crippen molar-refractivity contribution in [3.05, 3.63) is 0 Å². The molecule has 0 aliphatic rings. The van der Waals surface area contributed by atoms with E-state index in [1.807, 2.05) is 0 Å². The minimum atomic E-state index is -3.46. The van der Waals surface area contributed by atoms with Gasteiger partial charge in [-0.15, -0.1) is 0 Å². The van der Waals surface area contributed by atoms with Gasteiger partial charge in [-0.05, 0) is 13.8 Å². The van der Waals surface area contributed by atoms with Gasteiger partial charge in [0.25, 0.3) is 10.2 Å². The van der Waals surface area contributed by atoms with Crippen molar-refractivity contribution in [2.75, 3.05) is 20.6 Å². The maximum absolute atomic E-state index is 11.6. The zero-order chi connectivity index (χ0) is 10.6. The second kappa shape index (κ2) is 4.56. The molecule has 0 aromatic rings. The smallest absolute Gasteiger partial charge is 0.197 e. The van der Waals surface area contributed by atoms with Gasteiger partial charge < -0.3 is 0 Å². The molecule has 0 aliphatic heterocycles. The van der Waals surface area contributed by atoms with Crippen LogP contribution >= 0.6 is 0 Å². The Kier molecular flexibility index (Phi) is 4.33. The van der Waals surface area contributed by atoms with Crippen LogP contribution in [0, 0.1) is 11.3 Å². The Bertz CT molecular complexity index is 291. The molecule has 0 aromatic carbocycles. The molecule has 0 saturated carbocycles. The summed E-state index contributed by atoms with van der Waals surface area (Å²) in [7, 11) is -0.576. The Hall–Kier alpha value is -0.640. The van der Waals surface area contributed by atoms with Crippen molar-refractivity contribution in [3.8, 4) is 6.07 Å². The van der Waals surface area contributed by atoms with E-state index >= 15 is 0 Å². The molecule has 0 radical (unpaired) electrons. The van der Waals surface area contributed by atoms with Gasteiger partial charge in [-0.1, -0.05) is 0 Å². The average molecular weight is 205 g/mol. The second-order valence-corrected chi connectivity index (χ2v) is 5.13. The zero-order valence-electron chi connectivity index (χ0n) is 8.35. The van der Waals surface area contributed by atoms with E-state index in [-0.39, 0.29) is 12.6 Å². The van der Waals surface area contributed by atoms with Crippen LogP contribution in [0.5, 0.6) is 0 Å². The fourth-order valence-electron chi connectivity index (χ4n) is 0.667. The maximum atomic E-state index is 11.6. The van der Waals surface area contributed by atoms with Crippen molar-refractivity contribution in [3.63, 3.8) is 0 Å². The summed E-state index contributed by atoms with van der Waals surface area (Å²) in [5, 5.41) is 8.35. The van der Waals surface area contributed by atoms with Gasteiger partial charge in [0, 0.05) is 20.1 Å². The molecule has 0 aromatic heterocycles. The van der Waals surface area contributed by atoms with Crippen LogP contribution in [-0.2, 0) is 10.2 Å². The minimum absolute atomic E-state index is 0.105. The third-order valence-electron chi connectivity index (χ3n) is 1.78. The predicted molar refractivity (Wildman–Crippen MR) is 50.1 cm³/mol. The Balaban J connectivity index is 4.68. The van der Waals surface area contributed by atoms with E-state index < -0.39 is 10.2 Å². The summed E-state index contributed by atoms with van der Waals surface area (Å²) in [5.74, 6) is 0. The molecule has 5 nitrogen and oxygen atoms in total. The van der Waals surface area contributed by atoms with Crippen LogP contribution in [0.3, 0.4) is 0 Å². The summed E-state index contributed by atoms with van der Waals surface area (Å²) in [5.41, 5.74) is 0. The first-order valence-corrected chi connectivity index (χ1v) is 5.30. The van der Waals surface area contributed by atoms with E-state index in [2.05, 4.69) is 0 Å². The van der Waals surface area contributed by atoms with Crippen molar-refractivity contribution in [2.45, 2.75) is 19.9 Å². The summed E-state index contributed by atoms with van der Waals surface area (Å²) in [6.07, 6.45) is 0. The monoisotopic (exact) mass is 205 g/mol. The lowest BCUT2D eigenvalue weighted by atomic mass is 10.4. The van der Waals surface area contributed by atoms with E-state index in [4.69, 9.17) is 5.26 Å². The number of hydrogen-bond acceptors (Lipinski definition) is 3. The van der Waals surface area contributed by atoms with Crippen molar-refractivity contribution in [1.82, 2.24) is 8.61 Å². The summed E-state index contributed by atoms with van der Waals surface area (Å²) < 4.78 is 25.4.